The number of hydrogen-bond donors (Lipinski definition) is 4. The van der Waals surface area contributed by atoms with Gasteiger partial charge >= 0.3 is 0 Å². The Kier molecular flexibility index (Phi) is 19.7. The normalized spacial score (nSPS) is 20.2. The zero-order valence-corrected chi connectivity index (χ0v) is 32.2. The Morgan fingerprint density at radius 2 is 0.739 bits per heavy atom. The molecule has 3 fully saturated rings. The summed E-state index contributed by atoms with van der Waals surface area (Å²) in [5, 5.41) is 17.5. The van der Waals surface area contributed by atoms with E-state index in [4.69, 9.17) is 48.9 Å². The van der Waals surface area contributed by atoms with E-state index >= 15 is 0 Å². The van der Waals surface area contributed by atoms with Gasteiger partial charge < -0.3 is 40.9 Å². The molecule has 46 heavy (non-hydrogen) atoms. The number of fused-ring (bicyclic) bond motifs is 4. The fourth-order valence-electron chi connectivity index (χ4n) is 6.79. The number of nitrogens with zero attached hydrogens (tertiary/aromatic N) is 4. The highest BCUT2D eigenvalue weighted by molar-refractivity contribution is 7.80. The van der Waals surface area contributed by atoms with Crippen molar-refractivity contribution in [2.24, 2.45) is 11.8 Å². The van der Waals surface area contributed by atoms with Gasteiger partial charge in [0.1, 0.15) is 0 Å². The van der Waals surface area contributed by atoms with Crippen molar-refractivity contribution in [3.8, 4) is 0 Å². The van der Waals surface area contributed by atoms with Crippen molar-refractivity contribution >= 4 is 69.3 Å². The smallest absolute Gasteiger partial charge is 0.170 e. The van der Waals surface area contributed by atoms with E-state index in [9.17, 15) is 0 Å². The first-order valence-corrected chi connectivity index (χ1v) is 20.2. The summed E-state index contributed by atoms with van der Waals surface area (Å²) in [5.74, 6) is 1.12. The number of thiocarbonyl (C=S) groups is 4. The minimum atomic E-state index is 0.558. The zero-order chi connectivity index (χ0) is 33.0. The molecule has 3 aliphatic heterocycles. The predicted octanol–water partition coefficient (Wildman–Crippen LogP) is 6.16. The fraction of sp³-hybridized carbons (Fsp3) is 0.882. The molecule has 0 aliphatic carbocycles. The lowest BCUT2D eigenvalue weighted by Gasteiger charge is -2.43. The minimum Gasteiger partial charge on any atom is -0.362 e. The van der Waals surface area contributed by atoms with Crippen molar-refractivity contribution in [1.82, 2.24) is 40.9 Å². The van der Waals surface area contributed by atoms with Crippen LogP contribution in [0.2, 0.25) is 0 Å². The predicted molar refractivity (Wildman–Crippen MR) is 211 cm³/mol. The van der Waals surface area contributed by atoms with Crippen LogP contribution in [0.25, 0.3) is 0 Å². The van der Waals surface area contributed by atoms with E-state index in [0.717, 1.165) is 99.0 Å². The third kappa shape index (κ3) is 14.9. The lowest BCUT2D eigenvalue weighted by atomic mass is 9.97. The highest BCUT2D eigenvalue weighted by atomic mass is 32.1. The maximum atomic E-state index is 5.91. The summed E-state index contributed by atoms with van der Waals surface area (Å²) in [4.78, 5) is 9.27. The van der Waals surface area contributed by atoms with Crippen LogP contribution in [-0.4, -0.2) is 106 Å². The molecule has 0 unspecified atom stereocenters. The van der Waals surface area contributed by atoms with E-state index in [-0.39, 0.29) is 0 Å². The Morgan fingerprint density at radius 3 is 1.04 bits per heavy atom. The molecular formula is C34H64N8S4. The standard InChI is InChI=1S/C34H64N8S4/c1-3-5-7-9-11-13-17-29-23-39-27-40(24-29)32(44)36-20-16-22-38-34(46)42-26-30(18-14-12-10-8-6-4-2)25-41(28-42)33(45)37-21-15-19-35-31(39)43/h29-30H,3-28H2,1-2H3,(H,35,43)(H,36,44)(H,37,45)(H,38,46). The van der Waals surface area contributed by atoms with Gasteiger partial charge in [-0.1, -0.05) is 90.9 Å². The molecule has 0 aromatic heterocycles. The van der Waals surface area contributed by atoms with Crippen LogP contribution < -0.4 is 21.3 Å². The highest BCUT2D eigenvalue weighted by Gasteiger charge is 2.29. The van der Waals surface area contributed by atoms with Crippen LogP contribution in [0.3, 0.4) is 0 Å². The summed E-state index contributed by atoms with van der Waals surface area (Å²) < 4.78 is 0. The molecule has 0 radical (unpaired) electrons. The van der Waals surface area contributed by atoms with Gasteiger partial charge in [-0.3, -0.25) is 0 Å². The van der Waals surface area contributed by atoms with Gasteiger partial charge in [0.05, 0.1) is 13.3 Å². The lowest BCUT2D eigenvalue weighted by Crippen LogP contribution is -2.58. The Hall–Kier alpha value is -1.24. The number of nitrogens with one attached hydrogen (secondary N) is 4. The average Bonchev–Trinajstić information content (AvgIpc) is 3.06. The topological polar surface area (TPSA) is 61.1 Å². The van der Waals surface area contributed by atoms with Crippen LogP contribution in [0.5, 0.6) is 0 Å². The van der Waals surface area contributed by atoms with E-state index in [0.29, 0.717) is 11.8 Å². The van der Waals surface area contributed by atoms with Gasteiger partial charge in [0.15, 0.2) is 20.4 Å². The van der Waals surface area contributed by atoms with Crippen LogP contribution in [-0.2, 0) is 0 Å². The Bertz CT molecular complexity index is 798. The van der Waals surface area contributed by atoms with Crippen molar-refractivity contribution in [3.05, 3.63) is 0 Å². The highest BCUT2D eigenvalue weighted by Crippen LogP contribution is 2.21. The van der Waals surface area contributed by atoms with Gasteiger partial charge in [-0.05, 0) is 86.4 Å². The molecular weight excluding hydrogens is 649 g/mol. The SMILES string of the molecule is CCCCCCCCC1CN2CN(C1)C(=S)NCCCNC(=S)N1CC(CCCCCCCC)CN(C1)C(=S)NCCCNC2=S. The second-order valence-corrected chi connectivity index (χ2v) is 15.2. The Balaban J connectivity index is 1.56. The number of unbranched alkanes of at least 4 members (excludes halogenated alkanes) is 10. The van der Waals surface area contributed by atoms with Crippen molar-refractivity contribution in [1.29, 1.82) is 0 Å². The third-order valence-corrected chi connectivity index (χ3v) is 11.1. The number of rotatable bonds is 14. The van der Waals surface area contributed by atoms with Crippen LogP contribution in [0.4, 0.5) is 0 Å². The molecule has 3 saturated heterocycles. The molecule has 264 valence electrons. The maximum Gasteiger partial charge on any atom is 0.170 e. The van der Waals surface area contributed by atoms with Crippen LogP contribution >= 0.6 is 48.9 Å². The molecule has 3 aliphatic rings. The van der Waals surface area contributed by atoms with Gasteiger partial charge in [0, 0.05) is 52.4 Å². The van der Waals surface area contributed by atoms with Crippen molar-refractivity contribution in [2.75, 3.05) is 65.7 Å². The first-order chi connectivity index (χ1) is 22.4. The largest absolute Gasteiger partial charge is 0.362 e. The van der Waals surface area contributed by atoms with Gasteiger partial charge in [0.25, 0.3) is 0 Å². The van der Waals surface area contributed by atoms with Crippen molar-refractivity contribution < 1.29 is 0 Å². The molecule has 12 heteroatoms. The van der Waals surface area contributed by atoms with E-state index < -0.39 is 0 Å². The van der Waals surface area contributed by atoms with Crippen molar-refractivity contribution in [2.45, 2.75) is 117 Å². The summed E-state index contributed by atoms with van der Waals surface area (Å²) in [6.45, 7) is 13.3. The van der Waals surface area contributed by atoms with Crippen LogP contribution in [0, 0.1) is 11.8 Å². The van der Waals surface area contributed by atoms with Gasteiger partial charge in [-0.25, -0.2) is 0 Å². The van der Waals surface area contributed by atoms with E-state index in [2.05, 4.69) is 54.7 Å². The average molecular weight is 713 g/mol. The van der Waals surface area contributed by atoms with Crippen LogP contribution in [0.1, 0.15) is 117 Å². The summed E-state index contributed by atoms with van der Waals surface area (Å²) in [6, 6.07) is 0. The monoisotopic (exact) mass is 712 g/mol. The van der Waals surface area contributed by atoms with Gasteiger partial charge in [-0.15, -0.1) is 0 Å². The van der Waals surface area contributed by atoms with E-state index in [1.165, 1.54) is 89.9 Å². The van der Waals surface area contributed by atoms with Gasteiger partial charge in [-0.2, -0.15) is 0 Å². The maximum absolute atomic E-state index is 5.91. The van der Waals surface area contributed by atoms with Crippen molar-refractivity contribution in [3.63, 3.8) is 0 Å². The molecule has 8 nitrogen and oxygen atoms in total. The molecule has 0 aromatic carbocycles. The molecule has 0 amide bonds. The summed E-state index contributed by atoms with van der Waals surface area (Å²) in [6.07, 6.45) is 20.2. The summed E-state index contributed by atoms with van der Waals surface area (Å²) in [7, 11) is 0. The molecule has 4 bridgehead atoms. The minimum absolute atomic E-state index is 0.558. The molecule has 3 rings (SSSR count). The first-order valence-electron chi connectivity index (χ1n) is 18.5. The first kappa shape index (κ1) is 39.2. The lowest BCUT2D eigenvalue weighted by molar-refractivity contribution is 0.145. The van der Waals surface area contributed by atoms with E-state index in [1.807, 2.05) is 0 Å². The second-order valence-electron chi connectivity index (χ2n) is 13.7. The molecule has 0 saturated carbocycles. The number of hydrogen-bond acceptors (Lipinski definition) is 4. The molecule has 0 atom stereocenters. The molecule has 3 heterocycles. The quantitative estimate of drug-likeness (QED) is 0.123. The Morgan fingerprint density at radius 1 is 0.457 bits per heavy atom. The summed E-state index contributed by atoms with van der Waals surface area (Å²) in [5.41, 5.74) is 0. The zero-order valence-electron chi connectivity index (χ0n) is 29.0. The second kappa shape index (κ2) is 23.2. The van der Waals surface area contributed by atoms with E-state index in [1.54, 1.807) is 0 Å². The Labute approximate surface area is 302 Å². The third-order valence-electron chi connectivity index (χ3n) is 9.49. The van der Waals surface area contributed by atoms with Gasteiger partial charge in [0.2, 0.25) is 0 Å². The van der Waals surface area contributed by atoms with Crippen LogP contribution in [0.15, 0.2) is 0 Å². The molecule has 0 aromatic rings. The summed E-state index contributed by atoms with van der Waals surface area (Å²) >= 11 is 23.6. The fourth-order valence-corrected chi connectivity index (χ4v) is 7.73. The molecule has 0 spiro atoms. The molecule has 4 N–H and O–H groups in total.